The van der Waals surface area contributed by atoms with E-state index in [1.807, 2.05) is 0 Å². The van der Waals surface area contributed by atoms with Crippen LogP contribution in [0.2, 0.25) is 0 Å². The van der Waals surface area contributed by atoms with Crippen LogP contribution in [0.3, 0.4) is 0 Å². The van der Waals surface area contributed by atoms with Crippen molar-refractivity contribution in [1.82, 2.24) is 0 Å². The fourth-order valence-corrected chi connectivity index (χ4v) is 3.99. The maximum absolute atomic E-state index is 10.8. The van der Waals surface area contributed by atoms with E-state index >= 15 is 0 Å². The summed E-state index contributed by atoms with van der Waals surface area (Å²) >= 11 is 0. The maximum atomic E-state index is 10.8. The Labute approximate surface area is 187 Å². The number of aliphatic hydroxyl groups excluding tert-OH is 10. The summed E-state index contributed by atoms with van der Waals surface area (Å²) in [5.41, 5.74) is 0. The Morgan fingerprint density at radius 1 is 0.545 bits per heavy atom. The third-order valence-electron chi connectivity index (χ3n) is 6.05. The van der Waals surface area contributed by atoms with Crippen LogP contribution < -0.4 is 0 Å². The molecule has 3 aliphatic heterocycles. The first kappa shape index (κ1) is 27.0. The average molecular weight is 488 g/mol. The van der Waals surface area contributed by atoms with Crippen LogP contribution in [0.5, 0.6) is 0 Å². The van der Waals surface area contributed by atoms with Crippen molar-refractivity contribution < 1.29 is 74.7 Å². The molecule has 0 bridgehead atoms. The first-order chi connectivity index (χ1) is 15.5. The van der Waals surface area contributed by atoms with Gasteiger partial charge in [0, 0.05) is 0 Å². The highest BCUT2D eigenvalue weighted by atomic mass is 16.8. The van der Waals surface area contributed by atoms with Gasteiger partial charge >= 0.3 is 0 Å². The molecular formula is C18H32O15. The van der Waals surface area contributed by atoms with Gasteiger partial charge in [0.15, 0.2) is 18.9 Å². The second kappa shape index (κ2) is 11.0. The normalized spacial score (nSPS) is 53.7. The molecule has 194 valence electrons. The summed E-state index contributed by atoms with van der Waals surface area (Å²) in [5, 5.41) is 99.8. The van der Waals surface area contributed by atoms with E-state index in [1.54, 1.807) is 0 Å². The minimum absolute atomic E-state index is 0.730. The van der Waals surface area contributed by atoms with Crippen molar-refractivity contribution in [2.45, 2.75) is 99.0 Å². The second-order valence-corrected chi connectivity index (χ2v) is 8.32. The molecule has 15 atom stereocenters. The largest absolute Gasteiger partial charge is 0.394 e. The van der Waals surface area contributed by atoms with E-state index in [2.05, 4.69) is 0 Å². The number of hydrogen-bond acceptors (Lipinski definition) is 15. The summed E-state index contributed by atoms with van der Waals surface area (Å²) in [7, 11) is 0. The quantitative estimate of drug-likeness (QED) is 0.167. The zero-order chi connectivity index (χ0) is 24.6. The SMILES string of the molecule is C[C@@H]1O[C@@H](O[C@@H]2[C@@H](O)[C@H](O[C@@H]3O[C@H](CO)[C@H](O)[C@H](O)[C@H]3O)[C@@H](CO)O[C@H]2O)[C@@H](O)[C@H](O)[C@@H]1O. The number of aliphatic hydroxyl groups is 10. The third-order valence-corrected chi connectivity index (χ3v) is 6.05. The fourth-order valence-electron chi connectivity index (χ4n) is 3.99. The van der Waals surface area contributed by atoms with E-state index < -0.39 is 105 Å². The lowest BCUT2D eigenvalue weighted by Crippen LogP contribution is -2.66. The molecule has 0 spiro atoms. The van der Waals surface area contributed by atoms with Crippen LogP contribution in [0.25, 0.3) is 0 Å². The van der Waals surface area contributed by atoms with Crippen molar-refractivity contribution in [3.05, 3.63) is 0 Å². The Kier molecular flexibility index (Phi) is 8.99. The van der Waals surface area contributed by atoms with Crippen molar-refractivity contribution in [2.24, 2.45) is 0 Å². The molecule has 3 heterocycles. The molecule has 0 aromatic heterocycles. The molecule has 3 saturated heterocycles. The predicted molar refractivity (Wildman–Crippen MR) is 99.8 cm³/mol. The van der Waals surface area contributed by atoms with Crippen LogP contribution in [0, 0.1) is 0 Å². The maximum Gasteiger partial charge on any atom is 0.187 e. The molecule has 0 unspecified atom stereocenters. The van der Waals surface area contributed by atoms with Crippen LogP contribution >= 0.6 is 0 Å². The first-order valence-electron chi connectivity index (χ1n) is 10.4. The predicted octanol–water partition coefficient (Wildman–Crippen LogP) is -6.55. The van der Waals surface area contributed by atoms with Gasteiger partial charge in [-0.1, -0.05) is 0 Å². The van der Waals surface area contributed by atoms with Gasteiger partial charge in [-0.3, -0.25) is 0 Å². The molecule has 0 aliphatic carbocycles. The minimum Gasteiger partial charge on any atom is -0.394 e. The molecule has 10 N–H and O–H groups in total. The van der Waals surface area contributed by atoms with Gasteiger partial charge < -0.3 is 74.7 Å². The molecule has 0 aromatic rings. The molecule has 0 amide bonds. The lowest BCUT2D eigenvalue weighted by Gasteiger charge is -2.47. The van der Waals surface area contributed by atoms with E-state index in [-0.39, 0.29) is 0 Å². The molecule has 15 heteroatoms. The third kappa shape index (κ3) is 5.32. The van der Waals surface area contributed by atoms with Gasteiger partial charge in [0.05, 0.1) is 19.3 Å². The van der Waals surface area contributed by atoms with Crippen molar-refractivity contribution in [2.75, 3.05) is 13.2 Å². The van der Waals surface area contributed by atoms with Gasteiger partial charge in [-0.15, -0.1) is 0 Å². The van der Waals surface area contributed by atoms with Crippen LogP contribution in [-0.4, -0.2) is 156 Å². The molecular weight excluding hydrogens is 456 g/mol. The van der Waals surface area contributed by atoms with Gasteiger partial charge in [0.1, 0.15) is 67.1 Å². The fraction of sp³-hybridized carbons (Fsp3) is 1.00. The summed E-state index contributed by atoms with van der Waals surface area (Å²) in [5.74, 6) is 0. The Morgan fingerprint density at radius 2 is 1.06 bits per heavy atom. The summed E-state index contributed by atoms with van der Waals surface area (Å²) in [6.07, 6.45) is -23.9. The molecule has 0 radical (unpaired) electrons. The average Bonchev–Trinajstić information content (AvgIpc) is 2.79. The molecule has 33 heavy (non-hydrogen) atoms. The monoisotopic (exact) mass is 488 g/mol. The summed E-state index contributed by atoms with van der Waals surface area (Å²) < 4.78 is 26.6. The zero-order valence-electron chi connectivity index (χ0n) is 17.6. The topological polar surface area (TPSA) is 248 Å². The van der Waals surface area contributed by atoms with Gasteiger partial charge in [0.25, 0.3) is 0 Å². The van der Waals surface area contributed by atoms with E-state index in [0.29, 0.717) is 0 Å². The molecule has 3 aliphatic rings. The van der Waals surface area contributed by atoms with Crippen molar-refractivity contribution in [3.8, 4) is 0 Å². The Balaban J connectivity index is 1.75. The molecule has 0 aromatic carbocycles. The summed E-state index contributed by atoms with van der Waals surface area (Å²) in [6, 6.07) is 0. The van der Waals surface area contributed by atoms with Crippen LogP contribution in [0.1, 0.15) is 6.92 Å². The zero-order valence-corrected chi connectivity index (χ0v) is 17.6. The Bertz CT molecular complexity index is 624. The molecule has 3 rings (SSSR count). The minimum atomic E-state index is -1.86. The number of rotatable bonds is 6. The first-order valence-corrected chi connectivity index (χ1v) is 10.4. The Hall–Kier alpha value is -0.600. The second-order valence-electron chi connectivity index (χ2n) is 8.32. The lowest BCUT2D eigenvalue weighted by atomic mass is 9.96. The van der Waals surface area contributed by atoms with Gasteiger partial charge in [-0.25, -0.2) is 0 Å². The Morgan fingerprint density at radius 3 is 1.64 bits per heavy atom. The summed E-state index contributed by atoms with van der Waals surface area (Å²) in [4.78, 5) is 0. The lowest BCUT2D eigenvalue weighted by molar-refractivity contribution is -0.381. The van der Waals surface area contributed by atoms with Crippen molar-refractivity contribution >= 4 is 0 Å². The molecule has 3 fully saturated rings. The van der Waals surface area contributed by atoms with Crippen molar-refractivity contribution in [3.63, 3.8) is 0 Å². The number of ether oxygens (including phenoxy) is 5. The molecule has 15 nitrogen and oxygen atoms in total. The van der Waals surface area contributed by atoms with Crippen LogP contribution in [-0.2, 0) is 23.7 Å². The van der Waals surface area contributed by atoms with Crippen LogP contribution in [0.4, 0.5) is 0 Å². The van der Waals surface area contributed by atoms with E-state index in [9.17, 15) is 51.1 Å². The smallest absolute Gasteiger partial charge is 0.187 e. The van der Waals surface area contributed by atoms with E-state index in [0.717, 1.165) is 0 Å². The van der Waals surface area contributed by atoms with Gasteiger partial charge in [-0.05, 0) is 6.92 Å². The van der Waals surface area contributed by atoms with Crippen molar-refractivity contribution in [1.29, 1.82) is 0 Å². The number of hydrogen-bond donors (Lipinski definition) is 10. The highest BCUT2D eigenvalue weighted by Crippen LogP contribution is 2.32. The van der Waals surface area contributed by atoms with Crippen LogP contribution in [0.15, 0.2) is 0 Å². The highest BCUT2D eigenvalue weighted by Gasteiger charge is 2.53. The van der Waals surface area contributed by atoms with Gasteiger partial charge in [-0.2, -0.15) is 0 Å². The van der Waals surface area contributed by atoms with E-state index in [4.69, 9.17) is 23.7 Å². The summed E-state index contributed by atoms with van der Waals surface area (Å²) in [6.45, 7) is -0.105. The highest BCUT2D eigenvalue weighted by molar-refractivity contribution is 4.95. The standard InChI is InChI=1S/C18H32O15/c1-4-7(21)9(23)11(25)17(29-4)33-15-13(27)14(6(3-20)30-16(15)28)32-18-12(26)10(24)8(22)5(2-19)31-18/h4-28H,2-3H2,1H3/t4-,5+,6+,7+,8-,9+,10-,11-,12+,13-,14+,15+,16+,17-,18-/m0/s1. The van der Waals surface area contributed by atoms with E-state index in [1.165, 1.54) is 6.92 Å². The van der Waals surface area contributed by atoms with Gasteiger partial charge in [0.2, 0.25) is 0 Å². The molecule has 0 saturated carbocycles.